The van der Waals surface area contributed by atoms with Crippen molar-refractivity contribution in [1.29, 1.82) is 0 Å². The second-order valence-corrected chi connectivity index (χ2v) is 5.05. The Balaban J connectivity index is 2.29. The van der Waals surface area contributed by atoms with Crippen molar-refractivity contribution >= 4 is 5.91 Å². The summed E-state index contributed by atoms with van der Waals surface area (Å²) in [5.74, 6) is -1.14. The van der Waals surface area contributed by atoms with Gasteiger partial charge in [0.25, 0.3) is 0 Å². The number of halogens is 2. The first-order valence-corrected chi connectivity index (χ1v) is 6.43. The van der Waals surface area contributed by atoms with Crippen LogP contribution in [0.15, 0.2) is 18.2 Å². The molecule has 19 heavy (non-hydrogen) atoms. The van der Waals surface area contributed by atoms with E-state index in [1.807, 2.05) is 13.8 Å². The highest BCUT2D eigenvalue weighted by molar-refractivity contribution is 5.84. The fraction of sp³-hybridized carbons (Fsp3) is 0.500. The number of hydrogen-bond donors (Lipinski definition) is 1. The van der Waals surface area contributed by atoms with Crippen LogP contribution in [0.1, 0.15) is 32.0 Å². The number of rotatable bonds is 3. The van der Waals surface area contributed by atoms with Gasteiger partial charge in [0, 0.05) is 18.7 Å². The highest BCUT2D eigenvalue weighted by Crippen LogP contribution is 2.29. The third-order valence-corrected chi connectivity index (χ3v) is 3.81. The molecule has 0 bridgehead atoms. The van der Waals surface area contributed by atoms with Crippen LogP contribution in [0.3, 0.4) is 0 Å². The summed E-state index contributed by atoms with van der Waals surface area (Å²) in [5.41, 5.74) is 0.294. The van der Waals surface area contributed by atoms with Crippen molar-refractivity contribution < 1.29 is 13.6 Å². The smallest absolute Gasteiger partial charge is 0.241 e. The quantitative estimate of drug-likeness (QED) is 0.913. The minimum absolute atomic E-state index is 0.0527. The lowest BCUT2D eigenvalue weighted by Gasteiger charge is -2.20. The van der Waals surface area contributed by atoms with Gasteiger partial charge < -0.3 is 4.90 Å². The molecule has 1 aliphatic rings. The van der Waals surface area contributed by atoms with Gasteiger partial charge in [-0.25, -0.2) is 8.78 Å². The maximum Gasteiger partial charge on any atom is 0.241 e. The zero-order chi connectivity index (χ0) is 14.2. The minimum atomic E-state index is -0.637. The zero-order valence-corrected chi connectivity index (χ0v) is 11.3. The predicted molar refractivity (Wildman–Crippen MR) is 68.2 cm³/mol. The Morgan fingerprint density at radius 1 is 1.42 bits per heavy atom. The third-order valence-electron chi connectivity index (χ3n) is 3.81. The second kappa shape index (κ2) is 5.25. The number of benzene rings is 1. The summed E-state index contributed by atoms with van der Waals surface area (Å²) < 4.78 is 26.7. The highest BCUT2D eigenvalue weighted by atomic mass is 19.1. The van der Waals surface area contributed by atoms with E-state index in [2.05, 4.69) is 5.32 Å². The first-order chi connectivity index (χ1) is 8.95. The molecule has 0 saturated carbocycles. The number of nitrogens with one attached hydrogen (secondary N) is 1. The molecule has 1 saturated heterocycles. The van der Waals surface area contributed by atoms with Gasteiger partial charge in [0.05, 0.1) is 6.04 Å². The number of likely N-dealkylation sites (N-methyl/N-ethyl adjacent to an activating group) is 1. The fourth-order valence-electron chi connectivity index (χ4n) is 2.36. The molecule has 2 rings (SSSR count). The summed E-state index contributed by atoms with van der Waals surface area (Å²) in [6, 6.07) is 3.11. The van der Waals surface area contributed by atoms with Crippen LogP contribution in [0.25, 0.3) is 0 Å². The van der Waals surface area contributed by atoms with Crippen LogP contribution >= 0.6 is 0 Å². The van der Waals surface area contributed by atoms with Crippen LogP contribution in [0.5, 0.6) is 0 Å². The molecule has 0 aromatic heterocycles. The van der Waals surface area contributed by atoms with Crippen LogP contribution in [-0.2, 0) is 4.79 Å². The van der Waals surface area contributed by atoms with Gasteiger partial charge in [-0.2, -0.15) is 0 Å². The molecule has 1 fully saturated rings. The van der Waals surface area contributed by atoms with Gasteiger partial charge in [-0.1, -0.05) is 20.3 Å². The molecule has 1 aromatic rings. The van der Waals surface area contributed by atoms with E-state index < -0.39 is 17.8 Å². The number of carbonyl (C=O) groups excluding carboxylic acids is 1. The molecular formula is C14H18F2N2O. The largest absolute Gasteiger partial charge is 0.324 e. The third kappa shape index (κ3) is 2.47. The number of hydrogen-bond acceptors (Lipinski definition) is 2. The topological polar surface area (TPSA) is 32.3 Å². The summed E-state index contributed by atoms with van der Waals surface area (Å²) in [4.78, 5) is 13.6. The summed E-state index contributed by atoms with van der Waals surface area (Å²) >= 11 is 0. The average Bonchev–Trinajstić information content (AvgIpc) is 2.66. The average molecular weight is 268 g/mol. The van der Waals surface area contributed by atoms with Gasteiger partial charge in [0.1, 0.15) is 17.8 Å². The molecule has 3 nitrogen and oxygen atoms in total. The summed E-state index contributed by atoms with van der Waals surface area (Å²) in [7, 11) is 1.63. The fourth-order valence-corrected chi connectivity index (χ4v) is 2.36. The van der Waals surface area contributed by atoms with Crippen molar-refractivity contribution in [1.82, 2.24) is 10.2 Å². The lowest BCUT2D eigenvalue weighted by Crippen LogP contribution is -2.35. The molecule has 104 valence electrons. The highest BCUT2D eigenvalue weighted by Gasteiger charge is 2.40. The Morgan fingerprint density at radius 2 is 2.11 bits per heavy atom. The van der Waals surface area contributed by atoms with Crippen molar-refractivity contribution in [2.75, 3.05) is 7.05 Å². The van der Waals surface area contributed by atoms with Crippen LogP contribution in [0.4, 0.5) is 8.78 Å². The van der Waals surface area contributed by atoms with Crippen molar-refractivity contribution in [2.24, 2.45) is 5.92 Å². The SMILES string of the molecule is CCC(C)C1NC(c2ccc(F)cc2F)N(C)C1=O. The molecule has 3 unspecified atom stereocenters. The van der Waals surface area contributed by atoms with E-state index in [1.54, 1.807) is 7.05 Å². The monoisotopic (exact) mass is 268 g/mol. The first kappa shape index (κ1) is 13.9. The Hall–Kier alpha value is -1.49. The molecular weight excluding hydrogens is 250 g/mol. The molecule has 0 spiro atoms. The van der Waals surface area contributed by atoms with E-state index in [-0.39, 0.29) is 17.9 Å². The van der Waals surface area contributed by atoms with Gasteiger partial charge in [-0.3, -0.25) is 10.1 Å². The number of carbonyl (C=O) groups is 1. The van der Waals surface area contributed by atoms with Crippen molar-refractivity contribution in [3.63, 3.8) is 0 Å². The van der Waals surface area contributed by atoms with Crippen LogP contribution in [0, 0.1) is 17.6 Å². The minimum Gasteiger partial charge on any atom is -0.324 e. The summed E-state index contributed by atoms with van der Waals surface area (Å²) in [5, 5.41) is 3.13. The second-order valence-electron chi connectivity index (χ2n) is 5.05. The molecule has 0 radical (unpaired) electrons. The molecule has 0 aliphatic carbocycles. The van der Waals surface area contributed by atoms with Crippen molar-refractivity contribution in [2.45, 2.75) is 32.5 Å². The van der Waals surface area contributed by atoms with Crippen LogP contribution in [-0.4, -0.2) is 23.9 Å². The molecule has 3 atom stereocenters. The lowest BCUT2D eigenvalue weighted by atomic mass is 9.99. The van der Waals surface area contributed by atoms with E-state index in [4.69, 9.17) is 0 Å². The van der Waals surface area contributed by atoms with Gasteiger partial charge in [-0.05, 0) is 18.1 Å². The van der Waals surface area contributed by atoms with Gasteiger partial charge in [0.2, 0.25) is 5.91 Å². The Kier molecular flexibility index (Phi) is 3.85. The molecule has 1 heterocycles. The Labute approximate surface area is 111 Å². The molecule has 1 aromatic carbocycles. The van der Waals surface area contributed by atoms with Crippen molar-refractivity contribution in [3.05, 3.63) is 35.4 Å². The van der Waals surface area contributed by atoms with E-state index in [0.29, 0.717) is 5.56 Å². The first-order valence-electron chi connectivity index (χ1n) is 6.43. The van der Waals surface area contributed by atoms with E-state index >= 15 is 0 Å². The summed E-state index contributed by atoms with van der Waals surface area (Å²) in [6.45, 7) is 3.98. The predicted octanol–water partition coefficient (Wildman–Crippen LogP) is 2.44. The Bertz CT molecular complexity index is 492. The molecule has 1 N–H and O–H groups in total. The van der Waals surface area contributed by atoms with Crippen LogP contribution in [0.2, 0.25) is 0 Å². The number of amides is 1. The van der Waals surface area contributed by atoms with Gasteiger partial charge in [0.15, 0.2) is 0 Å². The lowest BCUT2D eigenvalue weighted by molar-refractivity contribution is -0.129. The van der Waals surface area contributed by atoms with Crippen molar-refractivity contribution in [3.8, 4) is 0 Å². The number of nitrogens with zero attached hydrogens (tertiary/aromatic N) is 1. The van der Waals surface area contributed by atoms with E-state index in [9.17, 15) is 13.6 Å². The molecule has 1 amide bonds. The van der Waals surface area contributed by atoms with Gasteiger partial charge in [-0.15, -0.1) is 0 Å². The normalized spacial score (nSPS) is 24.9. The van der Waals surface area contributed by atoms with Gasteiger partial charge >= 0.3 is 0 Å². The maximum absolute atomic E-state index is 13.8. The van der Waals surface area contributed by atoms with E-state index in [0.717, 1.165) is 12.5 Å². The Morgan fingerprint density at radius 3 is 2.68 bits per heavy atom. The summed E-state index contributed by atoms with van der Waals surface area (Å²) in [6.07, 6.45) is 0.322. The standard InChI is InChI=1S/C14H18F2N2O/c1-4-8(2)12-14(19)18(3)13(17-12)10-6-5-9(15)7-11(10)16/h5-8,12-13,17H,4H2,1-3H3. The molecule has 1 aliphatic heterocycles. The zero-order valence-electron chi connectivity index (χ0n) is 11.3. The van der Waals surface area contributed by atoms with Crippen LogP contribution < -0.4 is 5.32 Å². The molecule has 5 heteroatoms. The maximum atomic E-state index is 13.8. The van der Waals surface area contributed by atoms with E-state index in [1.165, 1.54) is 17.0 Å².